The van der Waals surface area contributed by atoms with Gasteiger partial charge in [0.25, 0.3) is 0 Å². The largest absolute Gasteiger partial charge is 0.516 e. The Bertz CT molecular complexity index is 267. The van der Waals surface area contributed by atoms with Crippen LogP contribution < -0.4 is 0 Å². The molecule has 0 heterocycles. The van der Waals surface area contributed by atoms with Crippen molar-refractivity contribution in [2.24, 2.45) is 0 Å². The third-order valence-electron chi connectivity index (χ3n) is 2.14. The molecule has 112 valence electrons. The van der Waals surface area contributed by atoms with Crippen LogP contribution in [0.2, 0.25) is 6.04 Å². The van der Waals surface area contributed by atoms with Crippen molar-refractivity contribution in [3.63, 3.8) is 0 Å². The van der Waals surface area contributed by atoms with Crippen LogP contribution in [0.15, 0.2) is 25.0 Å². The van der Waals surface area contributed by atoms with Crippen molar-refractivity contribution < 1.29 is 27.9 Å². The molecule has 0 aliphatic heterocycles. The fourth-order valence-electron chi connectivity index (χ4n) is 1.13. The van der Waals surface area contributed by atoms with Crippen molar-refractivity contribution in [2.45, 2.75) is 19.4 Å². The van der Waals surface area contributed by atoms with E-state index in [4.69, 9.17) is 23.1 Å². The number of carbonyl (C=O) groups is 1. The number of carbonyl (C=O) groups excluding carboxylic acids is 1. The number of esters is 1. The molecule has 0 aromatic heterocycles. The molecule has 6 nitrogen and oxygen atoms in total. The molecular formula is C12H24O6Si. The highest BCUT2D eigenvalue weighted by Crippen LogP contribution is 2.14. The van der Waals surface area contributed by atoms with Gasteiger partial charge in [0, 0.05) is 32.9 Å². The number of hydrogen-bond acceptors (Lipinski definition) is 6. The minimum absolute atomic E-state index is 0.316. The first-order chi connectivity index (χ1) is 8.92. The zero-order valence-electron chi connectivity index (χ0n) is 12.1. The highest BCUT2D eigenvalue weighted by molar-refractivity contribution is 6.60. The maximum Gasteiger partial charge on any atom is 0.500 e. The second-order valence-electron chi connectivity index (χ2n) is 3.50. The van der Waals surface area contributed by atoms with Gasteiger partial charge in [0.05, 0.1) is 12.9 Å². The molecule has 7 heteroatoms. The normalized spacial score (nSPS) is 10.1. The summed E-state index contributed by atoms with van der Waals surface area (Å²) in [5, 5.41) is 7.33. The van der Waals surface area contributed by atoms with Crippen molar-refractivity contribution >= 4 is 14.8 Å². The van der Waals surface area contributed by atoms with Crippen LogP contribution in [0.4, 0.5) is 0 Å². The van der Waals surface area contributed by atoms with E-state index in [9.17, 15) is 4.79 Å². The summed E-state index contributed by atoms with van der Waals surface area (Å²) < 4.78 is 20.6. The Kier molecular flexibility index (Phi) is 12.6. The lowest BCUT2D eigenvalue weighted by atomic mass is 10.4. The monoisotopic (exact) mass is 292 g/mol. The zero-order valence-corrected chi connectivity index (χ0v) is 13.1. The number of hydrogen-bond donors (Lipinski definition) is 1. The SMILES string of the molecule is C=C(C)C(=O)OCCC[Si](OC)(OC)OC.C=CO. The maximum atomic E-state index is 11.1. The van der Waals surface area contributed by atoms with Gasteiger partial charge in [-0.25, -0.2) is 4.79 Å². The van der Waals surface area contributed by atoms with Crippen molar-refractivity contribution in [1.82, 2.24) is 0 Å². The molecule has 0 aromatic rings. The van der Waals surface area contributed by atoms with Crippen LogP contribution in [0, 0.1) is 0 Å². The van der Waals surface area contributed by atoms with Crippen molar-refractivity contribution in [2.75, 3.05) is 27.9 Å². The lowest BCUT2D eigenvalue weighted by molar-refractivity contribution is -0.139. The van der Waals surface area contributed by atoms with Gasteiger partial charge >= 0.3 is 14.8 Å². The second kappa shape index (κ2) is 11.9. The summed E-state index contributed by atoms with van der Waals surface area (Å²) in [4.78, 5) is 11.1. The summed E-state index contributed by atoms with van der Waals surface area (Å²) in [5.41, 5.74) is 0.397. The van der Waals surface area contributed by atoms with Gasteiger partial charge < -0.3 is 23.1 Å². The molecule has 0 unspecified atom stereocenters. The third kappa shape index (κ3) is 9.43. The number of rotatable bonds is 8. The van der Waals surface area contributed by atoms with E-state index in [1.54, 1.807) is 28.3 Å². The maximum absolute atomic E-state index is 11.1. The molecule has 1 N–H and O–H groups in total. The quantitative estimate of drug-likeness (QED) is 0.243. The van der Waals surface area contributed by atoms with Crippen LogP contribution in [-0.2, 0) is 22.8 Å². The Labute approximate surface area is 116 Å². The molecule has 0 aliphatic rings. The van der Waals surface area contributed by atoms with E-state index in [0.29, 0.717) is 24.6 Å². The van der Waals surface area contributed by atoms with Crippen LogP contribution in [-0.4, -0.2) is 47.8 Å². The molecule has 0 amide bonds. The van der Waals surface area contributed by atoms with Crippen molar-refractivity contribution in [3.8, 4) is 0 Å². The standard InChI is InChI=1S/C10H20O5Si.C2H4O/c1-9(2)10(11)15-7-6-8-16(12-3,13-4)14-5;1-2-3/h1,6-8H2,2-5H3;2-3H,1H2. The lowest BCUT2D eigenvalue weighted by Gasteiger charge is -2.24. The first kappa shape index (κ1) is 20.2. The first-order valence-corrected chi connectivity index (χ1v) is 7.59. The average molecular weight is 292 g/mol. The first-order valence-electron chi connectivity index (χ1n) is 5.66. The summed E-state index contributed by atoms with van der Waals surface area (Å²) >= 11 is 0. The van der Waals surface area contributed by atoms with Gasteiger partial charge in [-0.2, -0.15) is 0 Å². The predicted octanol–water partition coefficient (Wildman–Crippen LogP) is 2.06. The third-order valence-corrected chi connectivity index (χ3v) is 4.97. The van der Waals surface area contributed by atoms with Crippen molar-refractivity contribution in [1.29, 1.82) is 0 Å². The number of aliphatic hydroxyl groups excluding tert-OH is 1. The topological polar surface area (TPSA) is 74.2 Å². The number of aliphatic hydroxyl groups is 1. The summed E-state index contributed by atoms with van der Waals surface area (Å²) in [5.74, 6) is -0.375. The average Bonchev–Trinajstić information content (AvgIpc) is 2.40. The molecule has 0 spiro atoms. The summed E-state index contributed by atoms with van der Waals surface area (Å²) in [6.45, 7) is 8.34. The Morgan fingerprint density at radius 3 is 2.00 bits per heavy atom. The van der Waals surface area contributed by atoms with E-state index in [-0.39, 0.29) is 5.97 Å². The molecule has 0 aliphatic carbocycles. The fourth-order valence-corrected chi connectivity index (χ4v) is 2.82. The molecule has 19 heavy (non-hydrogen) atoms. The van der Waals surface area contributed by atoms with Gasteiger partial charge in [-0.05, 0) is 13.3 Å². The van der Waals surface area contributed by atoms with Crippen LogP contribution in [0.1, 0.15) is 13.3 Å². The second-order valence-corrected chi connectivity index (χ2v) is 6.59. The van der Waals surface area contributed by atoms with Crippen LogP contribution in [0.25, 0.3) is 0 Å². The van der Waals surface area contributed by atoms with Gasteiger partial charge in [-0.15, -0.1) is 0 Å². The van der Waals surface area contributed by atoms with Gasteiger partial charge in [0.15, 0.2) is 0 Å². The van der Waals surface area contributed by atoms with E-state index in [1.165, 1.54) is 0 Å². The summed E-state index contributed by atoms with van der Waals surface area (Å²) in [6.07, 6.45) is 1.39. The summed E-state index contributed by atoms with van der Waals surface area (Å²) in [7, 11) is 2.13. The Morgan fingerprint density at radius 1 is 1.26 bits per heavy atom. The molecule has 0 aromatic carbocycles. The van der Waals surface area contributed by atoms with E-state index in [1.807, 2.05) is 0 Å². The lowest BCUT2D eigenvalue weighted by Crippen LogP contribution is -2.42. The van der Waals surface area contributed by atoms with E-state index >= 15 is 0 Å². The smallest absolute Gasteiger partial charge is 0.500 e. The molecule has 0 rings (SSSR count). The van der Waals surface area contributed by atoms with Crippen LogP contribution >= 0.6 is 0 Å². The predicted molar refractivity (Wildman–Crippen MR) is 74.8 cm³/mol. The number of ether oxygens (including phenoxy) is 1. The fraction of sp³-hybridized carbons (Fsp3) is 0.583. The molecule has 0 atom stereocenters. The van der Waals surface area contributed by atoms with Crippen LogP contribution in [0.5, 0.6) is 0 Å². The molecule has 0 saturated heterocycles. The van der Waals surface area contributed by atoms with E-state index in [0.717, 1.165) is 6.26 Å². The van der Waals surface area contributed by atoms with Gasteiger partial charge in [0.2, 0.25) is 0 Å². The highest BCUT2D eigenvalue weighted by Gasteiger charge is 2.36. The van der Waals surface area contributed by atoms with E-state index in [2.05, 4.69) is 13.2 Å². The van der Waals surface area contributed by atoms with Crippen molar-refractivity contribution in [3.05, 3.63) is 25.0 Å². The molecule has 0 radical (unpaired) electrons. The Hall–Kier alpha value is -1.15. The highest BCUT2D eigenvalue weighted by atomic mass is 28.4. The molecule has 0 saturated carbocycles. The molecular weight excluding hydrogens is 268 g/mol. The minimum atomic E-state index is -2.53. The van der Waals surface area contributed by atoms with E-state index < -0.39 is 8.80 Å². The zero-order chi connectivity index (χ0) is 15.3. The summed E-state index contributed by atoms with van der Waals surface area (Å²) in [6, 6.07) is 0.611. The Balaban J connectivity index is 0. The Morgan fingerprint density at radius 2 is 1.68 bits per heavy atom. The molecule has 0 bridgehead atoms. The van der Waals surface area contributed by atoms with Gasteiger partial charge in [-0.3, -0.25) is 0 Å². The van der Waals surface area contributed by atoms with Gasteiger partial charge in [0.1, 0.15) is 0 Å². The molecule has 0 fully saturated rings. The van der Waals surface area contributed by atoms with Gasteiger partial charge in [-0.1, -0.05) is 13.2 Å². The van der Waals surface area contributed by atoms with Crippen LogP contribution in [0.3, 0.4) is 0 Å². The minimum Gasteiger partial charge on any atom is -0.516 e.